The van der Waals surface area contributed by atoms with E-state index < -0.39 is 5.97 Å². The van der Waals surface area contributed by atoms with Gasteiger partial charge in [-0.15, -0.1) is 0 Å². The third-order valence-corrected chi connectivity index (χ3v) is 3.09. The number of hydrogen-bond acceptors (Lipinski definition) is 2. The minimum absolute atomic E-state index is 0.224. The van der Waals surface area contributed by atoms with Crippen LogP contribution in [0.3, 0.4) is 0 Å². The Kier molecular flexibility index (Phi) is 4.80. The zero-order valence-electron chi connectivity index (χ0n) is 9.37. The first-order valence-electron chi connectivity index (χ1n) is 5.20. The standard InChI is InChI=1S/C12H15BrO3/c1-3-8(2)7-16-9-4-5-11(13)10(6-9)12(14)15/h4-6,8H,3,7H2,1-2H3,(H,14,15). The lowest BCUT2D eigenvalue weighted by atomic mass is 10.1. The minimum Gasteiger partial charge on any atom is -0.493 e. The summed E-state index contributed by atoms with van der Waals surface area (Å²) in [7, 11) is 0. The molecule has 0 heterocycles. The molecule has 0 aliphatic heterocycles. The minimum atomic E-state index is -0.958. The van der Waals surface area contributed by atoms with Gasteiger partial charge in [0.2, 0.25) is 0 Å². The topological polar surface area (TPSA) is 46.5 Å². The number of benzene rings is 1. The number of hydrogen-bond donors (Lipinski definition) is 1. The van der Waals surface area contributed by atoms with E-state index in [0.29, 0.717) is 22.7 Å². The Morgan fingerprint density at radius 2 is 2.25 bits per heavy atom. The van der Waals surface area contributed by atoms with Crippen molar-refractivity contribution >= 4 is 21.9 Å². The molecule has 1 unspecified atom stereocenters. The smallest absolute Gasteiger partial charge is 0.336 e. The van der Waals surface area contributed by atoms with Crippen molar-refractivity contribution in [3.8, 4) is 5.75 Å². The van der Waals surface area contributed by atoms with E-state index >= 15 is 0 Å². The Morgan fingerprint density at radius 1 is 1.56 bits per heavy atom. The van der Waals surface area contributed by atoms with E-state index in [9.17, 15) is 4.79 Å². The summed E-state index contributed by atoms with van der Waals surface area (Å²) in [5.74, 6) is 0.110. The molecule has 0 fully saturated rings. The highest BCUT2D eigenvalue weighted by atomic mass is 79.9. The summed E-state index contributed by atoms with van der Waals surface area (Å²) >= 11 is 3.19. The van der Waals surface area contributed by atoms with Gasteiger partial charge in [0, 0.05) is 4.47 Å². The highest BCUT2D eigenvalue weighted by Crippen LogP contribution is 2.23. The van der Waals surface area contributed by atoms with Crippen LogP contribution in [0.25, 0.3) is 0 Å². The number of halogens is 1. The van der Waals surface area contributed by atoms with Crippen LogP contribution in [-0.2, 0) is 0 Å². The molecule has 1 aromatic rings. The molecule has 0 bridgehead atoms. The molecule has 16 heavy (non-hydrogen) atoms. The van der Waals surface area contributed by atoms with Gasteiger partial charge in [0.1, 0.15) is 5.75 Å². The molecular weight excluding hydrogens is 272 g/mol. The molecule has 0 radical (unpaired) electrons. The molecule has 3 nitrogen and oxygen atoms in total. The summed E-state index contributed by atoms with van der Waals surface area (Å²) in [6, 6.07) is 4.99. The van der Waals surface area contributed by atoms with E-state index in [0.717, 1.165) is 6.42 Å². The van der Waals surface area contributed by atoms with Crippen molar-refractivity contribution in [1.82, 2.24) is 0 Å². The molecular formula is C12H15BrO3. The van der Waals surface area contributed by atoms with Gasteiger partial charge in [-0.1, -0.05) is 20.3 Å². The normalized spacial score (nSPS) is 12.2. The first-order valence-corrected chi connectivity index (χ1v) is 5.99. The Bertz CT molecular complexity index is 377. The molecule has 0 saturated carbocycles. The fourth-order valence-corrected chi connectivity index (χ4v) is 1.53. The third kappa shape index (κ3) is 3.52. The molecule has 1 rings (SSSR count). The predicted molar refractivity (Wildman–Crippen MR) is 66.1 cm³/mol. The van der Waals surface area contributed by atoms with Crippen molar-refractivity contribution in [2.75, 3.05) is 6.61 Å². The van der Waals surface area contributed by atoms with Crippen LogP contribution in [0.4, 0.5) is 0 Å². The largest absolute Gasteiger partial charge is 0.493 e. The first kappa shape index (κ1) is 13.0. The van der Waals surface area contributed by atoms with Crippen molar-refractivity contribution in [2.24, 2.45) is 5.92 Å². The summed E-state index contributed by atoms with van der Waals surface area (Å²) in [6.45, 7) is 4.80. The van der Waals surface area contributed by atoms with Crippen LogP contribution in [0.1, 0.15) is 30.6 Å². The van der Waals surface area contributed by atoms with Gasteiger partial charge < -0.3 is 9.84 Å². The Hall–Kier alpha value is -1.03. The summed E-state index contributed by atoms with van der Waals surface area (Å²) < 4.78 is 6.09. The summed E-state index contributed by atoms with van der Waals surface area (Å²) in [6.07, 6.45) is 1.04. The van der Waals surface area contributed by atoms with Gasteiger partial charge in [-0.25, -0.2) is 4.79 Å². The maximum absolute atomic E-state index is 10.9. The van der Waals surface area contributed by atoms with E-state index in [4.69, 9.17) is 9.84 Å². The highest BCUT2D eigenvalue weighted by molar-refractivity contribution is 9.10. The number of rotatable bonds is 5. The quantitative estimate of drug-likeness (QED) is 0.900. The summed E-state index contributed by atoms with van der Waals surface area (Å²) in [5, 5.41) is 8.93. The average molecular weight is 287 g/mol. The number of carboxylic acid groups (broad SMARTS) is 1. The van der Waals surface area contributed by atoms with E-state index in [-0.39, 0.29) is 5.56 Å². The Balaban J connectivity index is 2.75. The molecule has 0 amide bonds. The van der Waals surface area contributed by atoms with Crippen LogP contribution in [0.5, 0.6) is 5.75 Å². The zero-order chi connectivity index (χ0) is 12.1. The van der Waals surface area contributed by atoms with Crippen molar-refractivity contribution in [2.45, 2.75) is 20.3 Å². The SMILES string of the molecule is CCC(C)COc1ccc(Br)c(C(=O)O)c1. The highest BCUT2D eigenvalue weighted by Gasteiger charge is 2.10. The van der Waals surface area contributed by atoms with Gasteiger partial charge in [-0.3, -0.25) is 0 Å². The van der Waals surface area contributed by atoms with Gasteiger partial charge in [-0.05, 0) is 40.0 Å². The number of carbonyl (C=O) groups is 1. The van der Waals surface area contributed by atoms with Crippen LogP contribution in [0.2, 0.25) is 0 Å². The molecule has 1 aromatic carbocycles. The monoisotopic (exact) mass is 286 g/mol. The van der Waals surface area contributed by atoms with Crippen molar-refractivity contribution in [3.05, 3.63) is 28.2 Å². The molecule has 0 aliphatic carbocycles. The molecule has 1 atom stereocenters. The van der Waals surface area contributed by atoms with Crippen LogP contribution < -0.4 is 4.74 Å². The van der Waals surface area contributed by atoms with Crippen molar-refractivity contribution in [3.63, 3.8) is 0 Å². The molecule has 0 spiro atoms. The Labute approximate surface area is 104 Å². The van der Waals surface area contributed by atoms with Crippen LogP contribution in [0, 0.1) is 5.92 Å². The maximum Gasteiger partial charge on any atom is 0.336 e. The second kappa shape index (κ2) is 5.89. The van der Waals surface area contributed by atoms with E-state index in [1.807, 2.05) is 0 Å². The second-order valence-electron chi connectivity index (χ2n) is 3.77. The van der Waals surface area contributed by atoms with E-state index in [1.165, 1.54) is 6.07 Å². The lowest BCUT2D eigenvalue weighted by Gasteiger charge is -2.11. The molecule has 88 valence electrons. The summed E-state index contributed by atoms with van der Waals surface area (Å²) in [4.78, 5) is 10.9. The van der Waals surface area contributed by atoms with Crippen molar-refractivity contribution < 1.29 is 14.6 Å². The molecule has 1 N–H and O–H groups in total. The molecule has 4 heteroatoms. The van der Waals surface area contributed by atoms with Crippen LogP contribution in [-0.4, -0.2) is 17.7 Å². The lowest BCUT2D eigenvalue weighted by Crippen LogP contribution is -2.08. The maximum atomic E-state index is 10.9. The third-order valence-electron chi connectivity index (χ3n) is 2.40. The van der Waals surface area contributed by atoms with E-state index in [1.54, 1.807) is 12.1 Å². The predicted octanol–water partition coefficient (Wildman–Crippen LogP) is 3.57. The van der Waals surface area contributed by atoms with Gasteiger partial charge in [0.25, 0.3) is 0 Å². The second-order valence-corrected chi connectivity index (χ2v) is 4.63. The van der Waals surface area contributed by atoms with Crippen LogP contribution >= 0.6 is 15.9 Å². The van der Waals surface area contributed by atoms with Gasteiger partial charge in [0.15, 0.2) is 0 Å². The zero-order valence-corrected chi connectivity index (χ0v) is 11.0. The van der Waals surface area contributed by atoms with Gasteiger partial charge >= 0.3 is 5.97 Å². The van der Waals surface area contributed by atoms with Crippen molar-refractivity contribution in [1.29, 1.82) is 0 Å². The Morgan fingerprint density at radius 3 is 2.81 bits per heavy atom. The van der Waals surface area contributed by atoms with Gasteiger partial charge in [-0.2, -0.15) is 0 Å². The molecule has 0 saturated heterocycles. The number of carboxylic acids is 1. The van der Waals surface area contributed by atoms with Crippen LogP contribution in [0.15, 0.2) is 22.7 Å². The first-order chi connectivity index (χ1) is 7.54. The molecule has 0 aromatic heterocycles. The van der Waals surface area contributed by atoms with E-state index in [2.05, 4.69) is 29.8 Å². The number of ether oxygens (including phenoxy) is 1. The lowest BCUT2D eigenvalue weighted by molar-refractivity contribution is 0.0695. The number of aromatic carboxylic acids is 1. The van der Waals surface area contributed by atoms with Gasteiger partial charge in [0.05, 0.1) is 12.2 Å². The fourth-order valence-electron chi connectivity index (χ4n) is 1.11. The average Bonchev–Trinajstić information content (AvgIpc) is 2.27. The fraction of sp³-hybridized carbons (Fsp3) is 0.417. The molecule has 0 aliphatic rings. The summed E-state index contributed by atoms with van der Waals surface area (Å²) in [5.41, 5.74) is 0.224.